The zero-order valence-corrected chi connectivity index (χ0v) is 11.7. The number of carbonyl (C=O) groups excluding carboxylic acids is 1. The number of unbranched alkanes of at least 4 members (excludes halogenated alkanes) is 1. The van der Waals surface area contributed by atoms with Crippen LogP contribution >= 0.6 is 0 Å². The molecular weight excluding hydrogens is 232 g/mol. The van der Waals surface area contributed by atoms with Gasteiger partial charge in [0.25, 0.3) is 0 Å². The van der Waals surface area contributed by atoms with Gasteiger partial charge < -0.3 is 16.2 Å². The van der Waals surface area contributed by atoms with Gasteiger partial charge in [-0.1, -0.05) is 27.2 Å². The summed E-state index contributed by atoms with van der Waals surface area (Å²) in [4.78, 5) is 22.1. The van der Waals surface area contributed by atoms with Crippen LogP contribution in [0, 0.1) is 5.41 Å². The molecular formula is C13H26N2O3. The summed E-state index contributed by atoms with van der Waals surface area (Å²) in [5.41, 5.74) is 5.41. The molecule has 0 radical (unpaired) electrons. The summed E-state index contributed by atoms with van der Waals surface area (Å²) in [6.07, 6.45) is 3.42. The summed E-state index contributed by atoms with van der Waals surface area (Å²) in [5, 5.41) is 11.4. The lowest BCUT2D eigenvalue weighted by Crippen LogP contribution is -2.31. The number of rotatable bonds is 9. The Morgan fingerprint density at radius 1 is 1.33 bits per heavy atom. The Morgan fingerprint density at radius 2 is 1.94 bits per heavy atom. The second-order valence-corrected chi connectivity index (χ2v) is 5.49. The summed E-state index contributed by atoms with van der Waals surface area (Å²) in [5.74, 6) is -0.909. The Hall–Kier alpha value is -1.10. The topological polar surface area (TPSA) is 92.4 Å². The first-order valence-corrected chi connectivity index (χ1v) is 6.53. The largest absolute Gasteiger partial charge is 0.480 e. The molecule has 0 saturated carbocycles. The van der Waals surface area contributed by atoms with Crippen molar-refractivity contribution in [3.63, 3.8) is 0 Å². The van der Waals surface area contributed by atoms with E-state index in [0.29, 0.717) is 25.8 Å². The number of hydrogen-bond donors (Lipinski definition) is 3. The molecule has 0 spiro atoms. The number of nitrogens with one attached hydrogen (secondary N) is 1. The van der Waals surface area contributed by atoms with Gasteiger partial charge in [-0.15, -0.1) is 0 Å². The third-order valence-electron chi connectivity index (χ3n) is 3.18. The molecule has 0 fully saturated rings. The molecule has 0 rings (SSSR count). The molecule has 4 N–H and O–H groups in total. The normalized spacial score (nSPS) is 13.1. The highest BCUT2D eigenvalue weighted by molar-refractivity contribution is 5.76. The maximum Gasteiger partial charge on any atom is 0.320 e. The number of aliphatic carboxylic acids is 1. The predicted octanol–water partition coefficient (Wildman–Crippen LogP) is 1.51. The van der Waals surface area contributed by atoms with Crippen molar-refractivity contribution in [2.24, 2.45) is 11.1 Å². The van der Waals surface area contributed by atoms with Crippen LogP contribution in [-0.4, -0.2) is 29.6 Å². The van der Waals surface area contributed by atoms with Crippen LogP contribution in [0.4, 0.5) is 0 Å². The fraction of sp³-hybridized carbons (Fsp3) is 0.846. The van der Waals surface area contributed by atoms with Gasteiger partial charge in [-0.25, -0.2) is 0 Å². The maximum absolute atomic E-state index is 11.6. The lowest BCUT2D eigenvalue weighted by Gasteiger charge is -2.21. The highest BCUT2D eigenvalue weighted by atomic mass is 16.4. The molecule has 0 aliphatic carbocycles. The van der Waals surface area contributed by atoms with Crippen molar-refractivity contribution < 1.29 is 14.7 Å². The standard InChI is InChI=1S/C13H26N2O3/c1-4-13(2,3)9-11(16)15-8-6-5-7-10(14)12(17)18/h10H,4-9,14H2,1-3H3,(H,15,16)(H,17,18)/t10-/m0/s1. The lowest BCUT2D eigenvalue weighted by atomic mass is 9.86. The van der Waals surface area contributed by atoms with Crippen molar-refractivity contribution in [3.05, 3.63) is 0 Å². The molecule has 5 nitrogen and oxygen atoms in total. The molecule has 18 heavy (non-hydrogen) atoms. The Bertz CT molecular complexity index is 277. The lowest BCUT2D eigenvalue weighted by molar-refractivity contribution is -0.138. The van der Waals surface area contributed by atoms with E-state index < -0.39 is 12.0 Å². The van der Waals surface area contributed by atoms with Crippen LogP contribution in [0.15, 0.2) is 0 Å². The number of amides is 1. The molecule has 1 amide bonds. The first-order valence-electron chi connectivity index (χ1n) is 6.53. The minimum Gasteiger partial charge on any atom is -0.480 e. The van der Waals surface area contributed by atoms with E-state index in [-0.39, 0.29) is 11.3 Å². The molecule has 0 aliphatic rings. The van der Waals surface area contributed by atoms with Crippen molar-refractivity contribution in [3.8, 4) is 0 Å². The van der Waals surface area contributed by atoms with E-state index in [0.717, 1.165) is 12.8 Å². The zero-order chi connectivity index (χ0) is 14.2. The third-order valence-corrected chi connectivity index (χ3v) is 3.18. The molecule has 0 bridgehead atoms. The van der Waals surface area contributed by atoms with Crippen LogP contribution in [0.1, 0.15) is 52.9 Å². The van der Waals surface area contributed by atoms with Gasteiger partial charge in [-0.3, -0.25) is 9.59 Å². The molecule has 0 aliphatic heterocycles. The first kappa shape index (κ1) is 16.9. The zero-order valence-electron chi connectivity index (χ0n) is 11.7. The van der Waals surface area contributed by atoms with Gasteiger partial charge in [-0.05, 0) is 24.7 Å². The van der Waals surface area contributed by atoms with Crippen molar-refractivity contribution in [1.82, 2.24) is 5.32 Å². The Kier molecular flexibility index (Phi) is 7.59. The van der Waals surface area contributed by atoms with Gasteiger partial charge in [0.15, 0.2) is 0 Å². The van der Waals surface area contributed by atoms with E-state index >= 15 is 0 Å². The fourth-order valence-electron chi connectivity index (χ4n) is 1.46. The van der Waals surface area contributed by atoms with Gasteiger partial charge in [0.2, 0.25) is 5.91 Å². The number of nitrogens with two attached hydrogens (primary N) is 1. The number of carboxylic acids is 1. The Balaban J connectivity index is 3.61. The minimum absolute atomic E-state index is 0.0374. The van der Waals surface area contributed by atoms with Gasteiger partial charge in [-0.2, -0.15) is 0 Å². The summed E-state index contributed by atoms with van der Waals surface area (Å²) in [7, 11) is 0. The molecule has 5 heteroatoms. The fourth-order valence-corrected chi connectivity index (χ4v) is 1.46. The van der Waals surface area contributed by atoms with E-state index in [1.807, 2.05) is 0 Å². The van der Waals surface area contributed by atoms with Crippen molar-refractivity contribution in [2.75, 3.05) is 6.54 Å². The molecule has 0 unspecified atom stereocenters. The van der Waals surface area contributed by atoms with Gasteiger partial charge >= 0.3 is 5.97 Å². The highest BCUT2D eigenvalue weighted by Crippen LogP contribution is 2.23. The van der Waals surface area contributed by atoms with E-state index in [1.54, 1.807) is 0 Å². The smallest absolute Gasteiger partial charge is 0.320 e. The summed E-state index contributed by atoms with van der Waals surface area (Å²) < 4.78 is 0. The molecule has 0 aromatic carbocycles. The monoisotopic (exact) mass is 258 g/mol. The van der Waals surface area contributed by atoms with Gasteiger partial charge in [0.1, 0.15) is 6.04 Å². The van der Waals surface area contributed by atoms with Crippen LogP contribution in [0.5, 0.6) is 0 Å². The summed E-state index contributed by atoms with van der Waals surface area (Å²) in [6, 6.07) is -0.792. The summed E-state index contributed by atoms with van der Waals surface area (Å²) in [6.45, 7) is 6.79. The number of carbonyl (C=O) groups is 2. The minimum atomic E-state index is -0.969. The quantitative estimate of drug-likeness (QED) is 0.547. The highest BCUT2D eigenvalue weighted by Gasteiger charge is 2.19. The molecule has 1 atom stereocenters. The molecule has 0 aromatic heterocycles. The second-order valence-electron chi connectivity index (χ2n) is 5.49. The van der Waals surface area contributed by atoms with Gasteiger partial charge in [0.05, 0.1) is 0 Å². The second kappa shape index (κ2) is 8.08. The van der Waals surface area contributed by atoms with Crippen LogP contribution in [-0.2, 0) is 9.59 Å². The van der Waals surface area contributed by atoms with E-state index in [1.165, 1.54) is 0 Å². The number of carboxylic acid groups (broad SMARTS) is 1. The number of hydrogen-bond acceptors (Lipinski definition) is 3. The van der Waals surface area contributed by atoms with Gasteiger partial charge in [0, 0.05) is 13.0 Å². The maximum atomic E-state index is 11.6. The van der Waals surface area contributed by atoms with E-state index in [2.05, 4.69) is 26.1 Å². The molecule has 0 aromatic rings. The van der Waals surface area contributed by atoms with E-state index in [9.17, 15) is 9.59 Å². The van der Waals surface area contributed by atoms with Crippen molar-refractivity contribution >= 4 is 11.9 Å². The Labute approximate surface area is 109 Å². The van der Waals surface area contributed by atoms with Crippen molar-refractivity contribution in [1.29, 1.82) is 0 Å². The average molecular weight is 258 g/mol. The van der Waals surface area contributed by atoms with E-state index in [4.69, 9.17) is 10.8 Å². The predicted molar refractivity (Wildman–Crippen MR) is 71.2 cm³/mol. The van der Waals surface area contributed by atoms with Crippen LogP contribution in [0.25, 0.3) is 0 Å². The molecule has 0 heterocycles. The van der Waals surface area contributed by atoms with Crippen molar-refractivity contribution in [2.45, 2.75) is 58.9 Å². The summed E-state index contributed by atoms with van der Waals surface area (Å²) >= 11 is 0. The average Bonchev–Trinajstić information content (AvgIpc) is 2.27. The molecule has 106 valence electrons. The first-order chi connectivity index (χ1) is 8.28. The SMILES string of the molecule is CCC(C)(C)CC(=O)NCCCC[C@H](N)C(=O)O. The van der Waals surface area contributed by atoms with Crippen LogP contribution in [0.2, 0.25) is 0 Å². The molecule has 0 saturated heterocycles. The van der Waals surface area contributed by atoms with Crippen LogP contribution < -0.4 is 11.1 Å². The Morgan fingerprint density at radius 3 is 2.44 bits per heavy atom. The van der Waals surface area contributed by atoms with Crippen LogP contribution in [0.3, 0.4) is 0 Å². The third kappa shape index (κ3) is 8.06.